The van der Waals surface area contributed by atoms with E-state index in [2.05, 4.69) is 15.3 Å². The molecule has 7 nitrogen and oxygen atoms in total. The zero-order valence-corrected chi connectivity index (χ0v) is 10.9. The fourth-order valence-corrected chi connectivity index (χ4v) is 1.82. The number of amides is 1. The summed E-state index contributed by atoms with van der Waals surface area (Å²) in [5, 5.41) is 13.4. The number of rotatable bonds is 4. The maximum atomic E-state index is 12.0. The quantitative estimate of drug-likeness (QED) is 0.686. The van der Waals surface area contributed by atoms with Crippen molar-refractivity contribution < 1.29 is 9.72 Å². The highest BCUT2D eigenvalue weighted by Crippen LogP contribution is 2.27. The van der Waals surface area contributed by atoms with E-state index in [0.29, 0.717) is 5.69 Å². The van der Waals surface area contributed by atoms with Crippen molar-refractivity contribution >= 4 is 23.2 Å². The second-order valence-corrected chi connectivity index (χ2v) is 4.18. The number of nitrogens with zero attached hydrogens (tertiary/aromatic N) is 3. The number of nitrogens with one attached hydrogen (secondary N) is 1. The SMILES string of the molecule is O=C(NCc1ccncn1)c1cccc(Cl)c1[N+](=O)[O-]. The number of halogens is 1. The van der Waals surface area contributed by atoms with Crippen LogP contribution in [0.25, 0.3) is 0 Å². The molecule has 0 spiro atoms. The number of para-hydroxylation sites is 1. The average Bonchev–Trinajstić information content (AvgIpc) is 2.45. The van der Waals surface area contributed by atoms with Crippen LogP contribution in [0.15, 0.2) is 36.8 Å². The molecule has 0 bridgehead atoms. The molecule has 2 aromatic rings. The molecule has 0 saturated carbocycles. The van der Waals surface area contributed by atoms with Crippen molar-refractivity contribution in [3.63, 3.8) is 0 Å². The lowest BCUT2D eigenvalue weighted by Crippen LogP contribution is -2.24. The summed E-state index contributed by atoms with van der Waals surface area (Å²) in [5.41, 5.74) is 0.101. The molecule has 2 rings (SSSR count). The minimum absolute atomic E-state index is 0.0790. The van der Waals surface area contributed by atoms with Gasteiger partial charge in [0.2, 0.25) is 0 Å². The van der Waals surface area contributed by atoms with Crippen LogP contribution in [-0.2, 0) is 6.54 Å². The monoisotopic (exact) mass is 292 g/mol. The lowest BCUT2D eigenvalue weighted by molar-refractivity contribution is -0.385. The van der Waals surface area contributed by atoms with E-state index in [0.717, 1.165) is 0 Å². The topological polar surface area (TPSA) is 98.0 Å². The number of nitro benzene ring substituents is 1. The lowest BCUT2D eigenvalue weighted by atomic mass is 10.1. The van der Waals surface area contributed by atoms with E-state index in [9.17, 15) is 14.9 Å². The van der Waals surface area contributed by atoms with Crippen LogP contribution in [0.2, 0.25) is 5.02 Å². The van der Waals surface area contributed by atoms with E-state index >= 15 is 0 Å². The Bertz CT molecular complexity index is 648. The number of benzene rings is 1. The lowest BCUT2D eigenvalue weighted by Gasteiger charge is -2.06. The van der Waals surface area contributed by atoms with Crippen LogP contribution in [0.1, 0.15) is 16.1 Å². The smallest absolute Gasteiger partial charge is 0.300 e. The molecule has 0 unspecified atom stereocenters. The van der Waals surface area contributed by atoms with E-state index in [4.69, 9.17) is 11.6 Å². The van der Waals surface area contributed by atoms with Gasteiger partial charge in [-0.2, -0.15) is 0 Å². The molecular weight excluding hydrogens is 284 g/mol. The minimum Gasteiger partial charge on any atom is -0.346 e. The molecule has 0 saturated heterocycles. The maximum Gasteiger partial charge on any atom is 0.300 e. The molecule has 0 aliphatic heterocycles. The van der Waals surface area contributed by atoms with Crippen molar-refractivity contribution in [2.75, 3.05) is 0 Å². The van der Waals surface area contributed by atoms with Gasteiger partial charge < -0.3 is 5.32 Å². The fraction of sp³-hybridized carbons (Fsp3) is 0.0833. The third-order valence-corrected chi connectivity index (χ3v) is 2.79. The first-order chi connectivity index (χ1) is 9.59. The van der Waals surface area contributed by atoms with Gasteiger partial charge in [-0.25, -0.2) is 9.97 Å². The van der Waals surface area contributed by atoms with E-state index in [1.165, 1.54) is 30.7 Å². The summed E-state index contributed by atoms with van der Waals surface area (Å²) in [6.07, 6.45) is 2.89. The highest BCUT2D eigenvalue weighted by Gasteiger charge is 2.23. The van der Waals surface area contributed by atoms with Crippen LogP contribution in [0.4, 0.5) is 5.69 Å². The summed E-state index contributed by atoms with van der Waals surface area (Å²) >= 11 is 5.74. The Morgan fingerprint density at radius 1 is 1.40 bits per heavy atom. The Kier molecular flexibility index (Phi) is 4.21. The summed E-state index contributed by atoms with van der Waals surface area (Å²) in [6.45, 7) is 0.144. The number of hydrogen-bond acceptors (Lipinski definition) is 5. The van der Waals surface area contributed by atoms with Crippen LogP contribution in [0.5, 0.6) is 0 Å². The average molecular weight is 293 g/mol. The second-order valence-electron chi connectivity index (χ2n) is 3.78. The van der Waals surface area contributed by atoms with Gasteiger partial charge in [-0.15, -0.1) is 0 Å². The Labute approximate surface area is 118 Å². The molecule has 1 aromatic carbocycles. The number of hydrogen-bond donors (Lipinski definition) is 1. The van der Waals surface area contributed by atoms with Crippen molar-refractivity contribution in [2.45, 2.75) is 6.54 Å². The van der Waals surface area contributed by atoms with E-state index in [1.807, 2.05) is 0 Å². The molecule has 1 heterocycles. The number of carbonyl (C=O) groups is 1. The molecule has 1 amide bonds. The predicted molar refractivity (Wildman–Crippen MR) is 71.3 cm³/mol. The van der Waals surface area contributed by atoms with Gasteiger partial charge in [-0.3, -0.25) is 14.9 Å². The van der Waals surface area contributed by atoms with Gasteiger partial charge in [-0.1, -0.05) is 17.7 Å². The van der Waals surface area contributed by atoms with E-state index < -0.39 is 16.5 Å². The zero-order chi connectivity index (χ0) is 14.5. The number of aromatic nitrogens is 2. The van der Waals surface area contributed by atoms with Crippen LogP contribution >= 0.6 is 11.6 Å². The third kappa shape index (κ3) is 3.07. The molecule has 8 heteroatoms. The number of carbonyl (C=O) groups excluding carboxylic acids is 1. The van der Waals surface area contributed by atoms with Crippen LogP contribution in [-0.4, -0.2) is 20.8 Å². The molecule has 1 N–H and O–H groups in total. The first-order valence-corrected chi connectivity index (χ1v) is 5.93. The molecule has 0 aliphatic rings. The van der Waals surface area contributed by atoms with Gasteiger partial charge >= 0.3 is 5.69 Å². The first-order valence-electron chi connectivity index (χ1n) is 5.55. The Hall–Kier alpha value is -2.54. The standard InChI is InChI=1S/C12H9ClN4O3/c13-10-3-1-2-9(11(10)17(19)20)12(18)15-6-8-4-5-14-7-16-8/h1-5,7H,6H2,(H,15,18). The first kappa shape index (κ1) is 13.9. The van der Waals surface area contributed by atoms with Crippen molar-refractivity contribution in [1.29, 1.82) is 0 Å². The molecule has 0 atom stereocenters. The largest absolute Gasteiger partial charge is 0.346 e. The highest BCUT2D eigenvalue weighted by atomic mass is 35.5. The Balaban J connectivity index is 2.18. The van der Waals surface area contributed by atoms with Gasteiger partial charge in [-0.05, 0) is 18.2 Å². The van der Waals surface area contributed by atoms with Crippen molar-refractivity contribution in [2.24, 2.45) is 0 Å². The normalized spacial score (nSPS) is 10.1. The van der Waals surface area contributed by atoms with Crippen LogP contribution in [0.3, 0.4) is 0 Å². The molecular formula is C12H9ClN4O3. The molecule has 102 valence electrons. The summed E-state index contributed by atoms with van der Waals surface area (Å²) in [4.78, 5) is 29.9. The van der Waals surface area contributed by atoms with Crippen molar-refractivity contribution in [3.05, 3.63) is 63.2 Å². The summed E-state index contributed by atoms with van der Waals surface area (Å²) < 4.78 is 0. The summed E-state index contributed by atoms with van der Waals surface area (Å²) in [7, 11) is 0. The van der Waals surface area contributed by atoms with E-state index in [1.54, 1.807) is 6.07 Å². The maximum absolute atomic E-state index is 12.0. The van der Waals surface area contributed by atoms with E-state index in [-0.39, 0.29) is 17.1 Å². The summed E-state index contributed by atoms with van der Waals surface area (Å²) in [5.74, 6) is -0.585. The highest BCUT2D eigenvalue weighted by molar-refractivity contribution is 6.33. The molecule has 0 radical (unpaired) electrons. The van der Waals surface area contributed by atoms with Crippen molar-refractivity contribution in [3.8, 4) is 0 Å². The summed E-state index contributed by atoms with van der Waals surface area (Å²) in [6, 6.07) is 5.82. The van der Waals surface area contributed by atoms with Gasteiger partial charge in [0.1, 0.15) is 16.9 Å². The molecule has 0 aliphatic carbocycles. The predicted octanol–water partition coefficient (Wildman–Crippen LogP) is 1.97. The molecule has 20 heavy (non-hydrogen) atoms. The van der Waals surface area contributed by atoms with Gasteiger partial charge in [0.25, 0.3) is 5.91 Å². The zero-order valence-electron chi connectivity index (χ0n) is 10.1. The number of nitro groups is 1. The van der Waals surface area contributed by atoms with Crippen LogP contribution in [0, 0.1) is 10.1 Å². The Morgan fingerprint density at radius 3 is 2.85 bits per heavy atom. The molecule has 0 fully saturated rings. The second kappa shape index (κ2) is 6.07. The molecule has 1 aromatic heterocycles. The minimum atomic E-state index is -0.679. The fourth-order valence-electron chi connectivity index (χ4n) is 1.57. The van der Waals surface area contributed by atoms with Crippen LogP contribution < -0.4 is 5.32 Å². The van der Waals surface area contributed by atoms with Gasteiger partial charge in [0.15, 0.2) is 0 Å². The Morgan fingerprint density at radius 2 is 2.20 bits per heavy atom. The van der Waals surface area contributed by atoms with Crippen molar-refractivity contribution in [1.82, 2.24) is 15.3 Å². The van der Waals surface area contributed by atoms with Gasteiger partial charge in [0.05, 0.1) is 17.2 Å². The van der Waals surface area contributed by atoms with Gasteiger partial charge in [0, 0.05) is 6.20 Å². The third-order valence-electron chi connectivity index (χ3n) is 2.49.